The van der Waals surface area contributed by atoms with E-state index in [2.05, 4.69) is 25.3 Å². The molecule has 16 nitrogen and oxygen atoms in total. The SMILES string of the molecule is COc1cc2nc(C(F)(F)F)c(OC)nc2cc1O[C@@H]1C[C@H]2C(=O)N[C@]3(C(=O)NS(=O)(=O)C4(C)CC4)C[C@H]3C=CCC[C@@H](C)C[C@@H](C)[C@H](NC(=O)O)C(=O)N2C1. The van der Waals surface area contributed by atoms with E-state index in [1.807, 2.05) is 13.0 Å². The van der Waals surface area contributed by atoms with Crippen molar-refractivity contribution in [1.82, 2.24) is 30.2 Å². The second kappa shape index (κ2) is 14.9. The zero-order valence-electron chi connectivity index (χ0n) is 31.4. The zero-order chi connectivity index (χ0) is 41.0. The highest BCUT2D eigenvalue weighted by molar-refractivity contribution is 7.91. The van der Waals surface area contributed by atoms with Gasteiger partial charge < -0.3 is 34.9 Å². The van der Waals surface area contributed by atoms with E-state index in [1.165, 1.54) is 31.1 Å². The van der Waals surface area contributed by atoms with Crippen LogP contribution in [0.15, 0.2) is 24.3 Å². The predicted molar refractivity (Wildman–Crippen MR) is 192 cm³/mol. The molecule has 306 valence electrons. The lowest BCUT2D eigenvalue weighted by Gasteiger charge is -2.32. The van der Waals surface area contributed by atoms with E-state index >= 15 is 0 Å². The number of sulfonamides is 1. The molecule has 6 rings (SSSR count). The number of hydrogen-bond donors (Lipinski definition) is 4. The third kappa shape index (κ3) is 8.02. The van der Waals surface area contributed by atoms with Crippen LogP contribution in [-0.2, 0) is 30.6 Å². The Morgan fingerprint density at radius 1 is 1.05 bits per heavy atom. The zero-order valence-corrected chi connectivity index (χ0v) is 32.3. The van der Waals surface area contributed by atoms with E-state index in [-0.39, 0.29) is 47.8 Å². The minimum Gasteiger partial charge on any atom is -0.493 e. The Morgan fingerprint density at radius 2 is 1.73 bits per heavy atom. The van der Waals surface area contributed by atoms with E-state index in [4.69, 9.17) is 14.2 Å². The van der Waals surface area contributed by atoms with Crippen LogP contribution < -0.4 is 29.6 Å². The monoisotopic (exact) mass is 810 g/mol. The number of rotatable bonds is 8. The van der Waals surface area contributed by atoms with Crippen molar-refractivity contribution in [2.75, 3.05) is 20.8 Å². The molecule has 4 aliphatic rings. The van der Waals surface area contributed by atoms with Gasteiger partial charge in [-0.3, -0.25) is 19.1 Å². The Labute approximate surface area is 321 Å². The molecule has 2 aromatic rings. The fourth-order valence-electron chi connectivity index (χ4n) is 7.54. The standard InChI is InChI=1S/C36H45F3N6O10S/c1-18-8-6-7-9-20-16-35(20,32(48)44-56(51,52)34(3)10-11-34)43-29(46)24-13-21(17-45(24)31(47)27(19(2)12-18)42-33(49)50)55-26-15-23-22(14-25(26)53-4)40-28(36(37,38)39)30(41-23)54-5/h7,9,14-15,18-21,24,27,42H,6,8,10-13,16-17H2,1-5H3,(H,43,46)(H,44,48)(H,49,50)/t18-,19-,20-,21-,24+,27+,35-/m1/s1. The molecular formula is C36H45F3N6O10S. The second-order valence-corrected chi connectivity index (χ2v) is 17.7. The van der Waals surface area contributed by atoms with Crippen molar-refractivity contribution in [1.29, 1.82) is 0 Å². The third-order valence-electron chi connectivity index (χ3n) is 11.2. The van der Waals surface area contributed by atoms with Gasteiger partial charge in [0, 0.05) is 24.5 Å². The van der Waals surface area contributed by atoms with Crippen LogP contribution >= 0.6 is 0 Å². The molecule has 4 amide bonds. The lowest BCUT2D eigenvalue weighted by molar-refractivity contribution is -0.142. The molecule has 0 bridgehead atoms. The summed E-state index contributed by atoms with van der Waals surface area (Å²) in [4.78, 5) is 63.4. The molecule has 7 atom stereocenters. The Hall–Kier alpha value is -4.88. The van der Waals surface area contributed by atoms with Crippen LogP contribution in [0, 0.1) is 17.8 Å². The molecule has 3 fully saturated rings. The Bertz CT molecular complexity index is 2060. The quantitative estimate of drug-likeness (QED) is 0.282. The number of halogens is 3. The summed E-state index contributed by atoms with van der Waals surface area (Å²) in [6.45, 7) is 4.97. The highest BCUT2D eigenvalue weighted by Crippen LogP contribution is 2.48. The number of carboxylic acid groups (broad SMARTS) is 1. The maximum absolute atomic E-state index is 14.4. The number of nitrogens with one attached hydrogen (secondary N) is 3. The number of allylic oxidation sites excluding steroid dienone is 1. The van der Waals surface area contributed by atoms with Crippen molar-refractivity contribution in [3.05, 3.63) is 30.0 Å². The molecule has 2 saturated carbocycles. The van der Waals surface area contributed by atoms with Gasteiger partial charge in [0.1, 0.15) is 23.7 Å². The van der Waals surface area contributed by atoms with E-state index < -0.39 is 91.9 Å². The topological polar surface area (TPSA) is 215 Å². The summed E-state index contributed by atoms with van der Waals surface area (Å²) < 4.78 is 84.9. The number of benzene rings is 1. The first-order chi connectivity index (χ1) is 26.2. The predicted octanol–water partition coefficient (Wildman–Crippen LogP) is 3.54. The van der Waals surface area contributed by atoms with Crippen molar-refractivity contribution >= 4 is 44.9 Å². The second-order valence-electron chi connectivity index (χ2n) is 15.5. The molecular weight excluding hydrogens is 765 g/mol. The van der Waals surface area contributed by atoms with Crippen LogP contribution in [0.3, 0.4) is 0 Å². The van der Waals surface area contributed by atoms with Gasteiger partial charge in [-0.05, 0) is 57.3 Å². The number of hydrogen-bond acceptors (Lipinski definition) is 11. The van der Waals surface area contributed by atoms with E-state index in [1.54, 1.807) is 13.0 Å². The van der Waals surface area contributed by atoms with Crippen LogP contribution in [0.2, 0.25) is 0 Å². The van der Waals surface area contributed by atoms with Gasteiger partial charge in [-0.1, -0.05) is 26.0 Å². The Kier molecular flexibility index (Phi) is 10.8. The first kappa shape index (κ1) is 40.8. The van der Waals surface area contributed by atoms with Gasteiger partial charge in [-0.15, -0.1) is 0 Å². The summed E-state index contributed by atoms with van der Waals surface area (Å²) >= 11 is 0. The number of fused-ring (bicyclic) bond motifs is 3. The summed E-state index contributed by atoms with van der Waals surface area (Å²) in [5, 5.41) is 14.8. The number of amides is 4. The molecule has 2 aliphatic heterocycles. The lowest BCUT2D eigenvalue weighted by atomic mass is 9.88. The lowest BCUT2D eigenvalue weighted by Crippen LogP contribution is -2.59. The van der Waals surface area contributed by atoms with Gasteiger partial charge in [0.25, 0.3) is 5.91 Å². The van der Waals surface area contributed by atoms with E-state index in [0.717, 1.165) is 7.11 Å². The number of methoxy groups -OCH3 is 2. The average molecular weight is 811 g/mol. The van der Waals surface area contributed by atoms with Crippen LogP contribution in [0.1, 0.15) is 71.4 Å². The van der Waals surface area contributed by atoms with Crippen LogP contribution in [0.25, 0.3) is 11.0 Å². The summed E-state index contributed by atoms with van der Waals surface area (Å²) in [5.74, 6) is -4.26. The van der Waals surface area contributed by atoms with Gasteiger partial charge in [-0.2, -0.15) is 13.2 Å². The van der Waals surface area contributed by atoms with Crippen molar-refractivity contribution < 1.29 is 60.1 Å². The minimum atomic E-state index is -4.87. The Morgan fingerprint density at radius 3 is 2.36 bits per heavy atom. The van der Waals surface area contributed by atoms with E-state index in [0.29, 0.717) is 32.1 Å². The molecule has 56 heavy (non-hydrogen) atoms. The Balaban J connectivity index is 1.36. The summed E-state index contributed by atoms with van der Waals surface area (Å²) in [7, 11) is -1.81. The maximum Gasteiger partial charge on any atom is 0.438 e. The smallest absolute Gasteiger partial charge is 0.438 e. The first-order valence-electron chi connectivity index (χ1n) is 18.2. The van der Waals surface area contributed by atoms with Crippen molar-refractivity contribution in [3.63, 3.8) is 0 Å². The normalized spacial score (nSPS) is 29.2. The number of carbonyl (C=O) groups is 4. The van der Waals surface area contributed by atoms with Gasteiger partial charge in [0.15, 0.2) is 11.5 Å². The fourth-order valence-corrected chi connectivity index (χ4v) is 8.85. The summed E-state index contributed by atoms with van der Waals surface area (Å²) in [6.07, 6.45) is -1.28. The average Bonchev–Trinajstić information content (AvgIpc) is 4.00. The maximum atomic E-state index is 14.4. The number of nitrogens with zero attached hydrogens (tertiary/aromatic N) is 3. The molecule has 3 heterocycles. The summed E-state index contributed by atoms with van der Waals surface area (Å²) in [5.41, 5.74) is -3.22. The molecule has 1 aromatic heterocycles. The molecule has 0 radical (unpaired) electrons. The molecule has 2 aliphatic carbocycles. The van der Waals surface area contributed by atoms with Crippen molar-refractivity contribution in [2.45, 2.75) is 100 Å². The highest BCUT2D eigenvalue weighted by atomic mass is 32.2. The molecule has 1 aromatic carbocycles. The number of ether oxygens (including phenoxy) is 3. The van der Waals surface area contributed by atoms with Crippen molar-refractivity contribution in [2.24, 2.45) is 17.8 Å². The van der Waals surface area contributed by atoms with E-state index in [9.17, 15) is 45.9 Å². The molecule has 1 saturated heterocycles. The number of carbonyl (C=O) groups excluding carboxylic acids is 3. The van der Waals surface area contributed by atoms with Gasteiger partial charge in [0.05, 0.1) is 36.5 Å². The first-order valence-corrected chi connectivity index (χ1v) is 19.7. The summed E-state index contributed by atoms with van der Waals surface area (Å²) in [6, 6.07) is -0.136. The number of alkyl halides is 3. The van der Waals surface area contributed by atoms with Gasteiger partial charge in [0.2, 0.25) is 33.4 Å². The van der Waals surface area contributed by atoms with Crippen LogP contribution in [0.4, 0.5) is 18.0 Å². The molecule has 0 unspecified atom stereocenters. The number of aromatic nitrogens is 2. The van der Waals surface area contributed by atoms with Gasteiger partial charge in [-0.25, -0.2) is 23.2 Å². The molecule has 0 spiro atoms. The van der Waals surface area contributed by atoms with Gasteiger partial charge >= 0.3 is 12.3 Å². The highest BCUT2D eigenvalue weighted by Gasteiger charge is 2.63. The molecule has 4 N–H and O–H groups in total. The van der Waals surface area contributed by atoms with Crippen molar-refractivity contribution in [3.8, 4) is 17.4 Å². The molecule has 20 heteroatoms. The van der Waals surface area contributed by atoms with Crippen LogP contribution in [0.5, 0.6) is 17.4 Å². The van der Waals surface area contributed by atoms with Crippen LogP contribution in [-0.4, -0.2) is 101 Å². The fraction of sp³-hybridized carbons (Fsp3) is 0.611. The third-order valence-corrected chi connectivity index (χ3v) is 13.4. The largest absolute Gasteiger partial charge is 0.493 e. The minimum absolute atomic E-state index is 0.0128.